The summed E-state index contributed by atoms with van der Waals surface area (Å²) in [5.41, 5.74) is 6.91. The summed E-state index contributed by atoms with van der Waals surface area (Å²) in [6.07, 6.45) is 0.933. The van der Waals surface area contributed by atoms with Crippen LogP contribution >= 0.6 is 23.7 Å². The van der Waals surface area contributed by atoms with E-state index < -0.39 is 0 Å². The molecular formula is C11H17ClN2OS. The van der Waals surface area contributed by atoms with Crippen molar-refractivity contribution in [2.45, 2.75) is 25.3 Å². The molecule has 1 aliphatic rings. The number of hydrogen-bond donors (Lipinski definition) is 1. The molecule has 5 heteroatoms. The fourth-order valence-corrected chi connectivity index (χ4v) is 2.68. The lowest BCUT2D eigenvalue weighted by Gasteiger charge is -2.20. The Morgan fingerprint density at radius 2 is 2.44 bits per heavy atom. The molecule has 2 rings (SSSR count). The fraction of sp³-hybridized carbons (Fsp3) is 0.545. The van der Waals surface area contributed by atoms with E-state index in [1.807, 2.05) is 28.7 Å². The quantitative estimate of drug-likeness (QED) is 0.882. The van der Waals surface area contributed by atoms with E-state index in [2.05, 4.69) is 0 Å². The molecule has 0 radical (unpaired) electrons. The Kier molecular flexibility index (Phi) is 4.77. The summed E-state index contributed by atoms with van der Waals surface area (Å²) < 4.78 is 0. The van der Waals surface area contributed by atoms with Gasteiger partial charge in [0.05, 0.1) is 5.92 Å². The highest BCUT2D eigenvalue weighted by Crippen LogP contribution is 2.22. The van der Waals surface area contributed by atoms with E-state index in [1.165, 1.54) is 0 Å². The Bertz CT molecular complexity index is 342. The van der Waals surface area contributed by atoms with Crippen LogP contribution in [0.15, 0.2) is 16.8 Å². The second kappa shape index (κ2) is 5.66. The van der Waals surface area contributed by atoms with Crippen LogP contribution in [-0.2, 0) is 4.79 Å². The molecule has 0 aliphatic carbocycles. The number of amides is 1. The summed E-state index contributed by atoms with van der Waals surface area (Å²) in [6.45, 7) is 3.50. The maximum absolute atomic E-state index is 12.1. The molecule has 2 heterocycles. The van der Waals surface area contributed by atoms with Crippen LogP contribution in [0.4, 0.5) is 0 Å². The molecule has 1 aliphatic heterocycles. The van der Waals surface area contributed by atoms with Crippen molar-refractivity contribution >= 4 is 29.7 Å². The van der Waals surface area contributed by atoms with Crippen LogP contribution in [0.2, 0.25) is 0 Å². The van der Waals surface area contributed by atoms with Gasteiger partial charge >= 0.3 is 0 Å². The van der Waals surface area contributed by atoms with E-state index in [4.69, 9.17) is 5.73 Å². The lowest BCUT2D eigenvalue weighted by atomic mass is 10.0. The number of nitrogens with zero attached hydrogens (tertiary/aromatic N) is 1. The van der Waals surface area contributed by atoms with Crippen LogP contribution in [0.5, 0.6) is 0 Å². The van der Waals surface area contributed by atoms with Crippen molar-refractivity contribution in [1.29, 1.82) is 0 Å². The second-order valence-corrected chi connectivity index (χ2v) is 4.89. The normalized spacial score (nSPS) is 21.6. The SMILES string of the molecule is CC(C(=O)N1CC[C@@H](N)C1)c1ccsc1.Cl. The summed E-state index contributed by atoms with van der Waals surface area (Å²) >= 11 is 1.63. The number of thiophene rings is 1. The minimum Gasteiger partial charge on any atom is -0.341 e. The fourth-order valence-electron chi connectivity index (χ4n) is 1.93. The van der Waals surface area contributed by atoms with E-state index >= 15 is 0 Å². The minimum atomic E-state index is -0.0263. The highest BCUT2D eigenvalue weighted by molar-refractivity contribution is 7.08. The van der Waals surface area contributed by atoms with Crippen LogP contribution in [0.3, 0.4) is 0 Å². The molecule has 1 saturated heterocycles. The third-order valence-corrected chi connectivity index (χ3v) is 3.65. The largest absolute Gasteiger partial charge is 0.341 e. The summed E-state index contributed by atoms with van der Waals surface area (Å²) in [5, 5.41) is 4.05. The zero-order valence-electron chi connectivity index (χ0n) is 9.26. The Hall–Kier alpha value is -0.580. The van der Waals surface area contributed by atoms with Gasteiger partial charge in [-0.25, -0.2) is 0 Å². The molecule has 0 aromatic carbocycles. The first kappa shape index (κ1) is 13.5. The molecule has 1 amide bonds. The van der Waals surface area contributed by atoms with E-state index in [0.29, 0.717) is 6.54 Å². The van der Waals surface area contributed by atoms with Crippen molar-refractivity contribution in [2.75, 3.05) is 13.1 Å². The van der Waals surface area contributed by atoms with Gasteiger partial charge in [-0.3, -0.25) is 4.79 Å². The Labute approximate surface area is 106 Å². The van der Waals surface area contributed by atoms with E-state index in [1.54, 1.807) is 11.3 Å². The molecule has 2 N–H and O–H groups in total. The summed E-state index contributed by atoms with van der Waals surface area (Å²) in [6, 6.07) is 2.19. The predicted octanol–water partition coefficient (Wildman–Crippen LogP) is 1.83. The molecule has 90 valence electrons. The highest BCUT2D eigenvalue weighted by atomic mass is 35.5. The molecule has 1 fully saturated rings. The minimum absolute atomic E-state index is 0. The van der Waals surface area contributed by atoms with E-state index in [0.717, 1.165) is 18.5 Å². The van der Waals surface area contributed by atoms with E-state index in [-0.39, 0.29) is 30.3 Å². The van der Waals surface area contributed by atoms with Crippen molar-refractivity contribution in [2.24, 2.45) is 5.73 Å². The van der Waals surface area contributed by atoms with Crippen molar-refractivity contribution in [1.82, 2.24) is 4.90 Å². The highest BCUT2D eigenvalue weighted by Gasteiger charge is 2.27. The monoisotopic (exact) mass is 260 g/mol. The maximum Gasteiger partial charge on any atom is 0.229 e. The van der Waals surface area contributed by atoms with Gasteiger partial charge in [-0.15, -0.1) is 12.4 Å². The van der Waals surface area contributed by atoms with Gasteiger partial charge in [0, 0.05) is 19.1 Å². The van der Waals surface area contributed by atoms with Crippen LogP contribution < -0.4 is 5.73 Å². The second-order valence-electron chi connectivity index (χ2n) is 4.11. The van der Waals surface area contributed by atoms with Gasteiger partial charge in [-0.1, -0.05) is 0 Å². The number of carbonyl (C=O) groups is 1. The van der Waals surface area contributed by atoms with Crippen LogP contribution in [0.25, 0.3) is 0 Å². The third kappa shape index (κ3) is 2.75. The molecule has 0 spiro atoms. The average molecular weight is 261 g/mol. The number of nitrogens with two attached hydrogens (primary N) is 1. The van der Waals surface area contributed by atoms with Gasteiger partial charge < -0.3 is 10.6 Å². The number of likely N-dealkylation sites (tertiary alicyclic amines) is 1. The topological polar surface area (TPSA) is 46.3 Å². The zero-order chi connectivity index (χ0) is 10.8. The van der Waals surface area contributed by atoms with Gasteiger partial charge in [-0.05, 0) is 35.7 Å². The van der Waals surface area contributed by atoms with Gasteiger partial charge in [0.1, 0.15) is 0 Å². The molecule has 3 nitrogen and oxygen atoms in total. The molecule has 1 unspecified atom stereocenters. The van der Waals surface area contributed by atoms with Crippen LogP contribution in [0, 0.1) is 0 Å². The van der Waals surface area contributed by atoms with Crippen molar-refractivity contribution in [3.63, 3.8) is 0 Å². The smallest absolute Gasteiger partial charge is 0.229 e. The van der Waals surface area contributed by atoms with Crippen molar-refractivity contribution in [3.8, 4) is 0 Å². The summed E-state index contributed by atoms with van der Waals surface area (Å²) in [7, 11) is 0. The number of halogens is 1. The lowest BCUT2D eigenvalue weighted by Crippen LogP contribution is -2.34. The number of hydrogen-bond acceptors (Lipinski definition) is 3. The van der Waals surface area contributed by atoms with Gasteiger partial charge in [0.25, 0.3) is 0 Å². The number of rotatable bonds is 2. The van der Waals surface area contributed by atoms with Crippen LogP contribution in [-0.4, -0.2) is 29.9 Å². The van der Waals surface area contributed by atoms with Crippen molar-refractivity contribution < 1.29 is 4.79 Å². The Morgan fingerprint density at radius 3 is 2.94 bits per heavy atom. The van der Waals surface area contributed by atoms with Crippen LogP contribution in [0.1, 0.15) is 24.8 Å². The average Bonchev–Trinajstić information content (AvgIpc) is 2.85. The summed E-state index contributed by atoms with van der Waals surface area (Å²) in [4.78, 5) is 13.9. The molecule has 0 saturated carbocycles. The lowest BCUT2D eigenvalue weighted by molar-refractivity contribution is -0.131. The molecule has 1 aromatic rings. The first-order valence-electron chi connectivity index (χ1n) is 5.25. The number of carbonyl (C=O) groups excluding carboxylic acids is 1. The maximum atomic E-state index is 12.1. The first-order chi connectivity index (χ1) is 7.18. The third-order valence-electron chi connectivity index (χ3n) is 2.95. The van der Waals surface area contributed by atoms with Gasteiger partial charge in [0.15, 0.2) is 0 Å². The van der Waals surface area contributed by atoms with Crippen molar-refractivity contribution in [3.05, 3.63) is 22.4 Å². The standard InChI is InChI=1S/C11H16N2OS.ClH/c1-8(9-3-5-15-7-9)11(14)13-4-2-10(12)6-13;/h3,5,7-8,10H,2,4,6,12H2,1H3;1H/t8?,10-;/m1./s1. The molecule has 0 bridgehead atoms. The Balaban J connectivity index is 0.00000128. The molecule has 1 aromatic heterocycles. The van der Waals surface area contributed by atoms with Gasteiger partial charge in [-0.2, -0.15) is 11.3 Å². The van der Waals surface area contributed by atoms with Gasteiger partial charge in [0.2, 0.25) is 5.91 Å². The molecular weight excluding hydrogens is 244 g/mol. The molecule has 16 heavy (non-hydrogen) atoms. The summed E-state index contributed by atoms with van der Waals surface area (Å²) in [5.74, 6) is 0.183. The zero-order valence-corrected chi connectivity index (χ0v) is 10.9. The predicted molar refractivity (Wildman–Crippen MR) is 69.2 cm³/mol. The first-order valence-corrected chi connectivity index (χ1v) is 6.19. The molecule has 2 atom stereocenters. The Morgan fingerprint density at radius 1 is 1.69 bits per heavy atom. The van der Waals surface area contributed by atoms with E-state index in [9.17, 15) is 4.79 Å².